The molecule has 0 amide bonds. The van der Waals surface area contributed by atoms with Crippen LogP contribution in [0.5, 0.6) is 0 Å². The van der Waals surface area contributed by atoms with Crippen molar-refractivity contribution in [3.05, 3.63) is 0 Å². The highest BCUT2D eigenvalue weighted by atomic mass is 16.7. The average Bonchev–Trinajstić information content (AvgIpc) is 3.08. The van der Waals surface area contributed by atoms with Crippen LogP contribution in [-0.4, -0.2) is 137 Å². The number of esters is 2. The van der Waals surface area contributed by atoms with E-state index in [0.29, 0.717) is 32.3 Å². The number of piperidine rings is 2. The Morgan fingerprint density at radius 2 is 1.04 bits per heavy atom. The van der Waals surface area contributed by atoms with E-state index in [1.165, 1.54) is 30.9 Å². The largest absolute Gasteiger partial charge is 0.462 e. The fourth-order valence-electron chi connectivity index (χ4n) is 9.46. The summed E-state index contributed by atoms with van der Waals surface area (Å²) >= 11 is 0. The van der Waals surface area contributed by atoms with Gasteiger partial charge in [0.15, 0.2) is 6.23 Å². The molecule has 0 aromatic carbocycles. The number of carbonyl (C=O) groups is 2. The van der Waals surface area contributed by atoms with Gasteiger partial charge in [0.1, 0.15) is 12.2 Å². The van der Waals surface area contributed by atoms with Crippen molar-refractivity contribution < 1.29 is 38.6 Å². The van der Waals surface area contributed by atoms with Gasteiger partial charge < -0.3 is 24.2 Å². The Kier molecular flexibility index (Phi) is 17.5. The molecular formula is C42H78N4O8. The van der Waals surface area contributed by atoms with Gasteiger partial charge in [-0.05, 0) is 87.6 Å². The van der Waals surface area contributed by atoms with E-state index in [2.05, 4.69) is 42.6 Å². The summed E-state index contributed by atoms with van der Waals surface area (Å²) in [6.07, 6.45) is 13.6. The van der Waals surface area contributed by atoms with Crippen molar-refractivity contribution in [2.45, 2.75) is 199 Å². The van der Waals surface area contributed by atoms with Crippen molar-refractivity contribution in [2.24, 2.45) is 0 Å². The minimum atomic E-state index is -0.435. The molecule has 4 aliphatic heterocycles. The molecule has 1 atom stereocenters. The summed E-state index contributed by atoms with van der Waals surface area (Å²) < 4.78 is 23.2. The zero-order valence-corrected chi connectivity index (χ0v) is 35.5. The predicted molar refractivity (Wildman–Crippen MR) is 210 cm³/mol. The average molecular weight is 767 g/mol. The first-order chi connectivity index (χ1) is 25.5. The highest BCUT2D eigenvalue weighted by Gasteiger charge is 2.49. The zero-order valence-electron chi connectivity index (χ0n) is 35.5. The maximum Gasteiger partial charge on any atom is 0.306 e. The number of morpholine rings is 2. The molecule has 1 unspecified atom stereocenters. The van der Waals surface area contributed by atoms with Gasteiger partial charge in [0.05, 0.1) is 26.4 Å². The third-order valence-electron chi connectivity index (χ3n) is 12.0. The number of hydroxylamine groups is 4. The fourth-order valence-corrected chi connectivity index (χ4v) is 9.46. The topological polar surface area (TPSA) is 113 Å². The van der Waals surface area contributed by atoms with Crippen molar-refractivity contribution >= 4 is 11.9 Å². The lowest BCUT2D eigenvalue weighted by Crippen LogP contribution is -2.65. The van der Waals surface area contributed by atoms with Crippen LogP contribution in [0.15, 0.2) is 0 Å². The molecule has 0 radical (unpaired) electrons. The molecule has 4 heterocycles. The first-order valence-corrected chi connectivity index (χ1v) is 21.5. The third-order valence-corrected chi connectivity index (χ3v) is 12.0. The summed E-state index contributed by atoms with van der Waals surface area (Å²) in [5.74, 6) is -0.259. The standard InChI is InChI=1S/C42H78N4O8/c1-39(2)29-34(30-40(3,4)45(39)49)52-37(47)19-15-11-9-10-12-16-20-38(48)53-35-31-41(5,6)46(42(7,8)32-35)54-36-33-51-28-25-44(36)22-18-14-13-17-21-43-23-26-50-27-24-43/h34-36,49H,9-33H2,1-8H3. The maximum atomic E-state index is 12.9. The van der Waals surface area contributed by atoms with E-state index in [9.17, 15) is 14.8 Å². The van der Waals surface area contributed by atoms with Crippen LogP contribution in [0.25, 0.3) is 0 Å². The lowest BCUT2D eigenvalue weighted by Gasteiger charge is -2.55. The molecule has 4 saturated heterocycles. The van der Waals surface area contributed by atoms with Gasteiger partial charge in [-0.1, -0.05) is 38.5 Å². The Morgan fingerprint density at radius 3 is 1.57 bits per heavy atom. The van der Waals surface area contributed by atoms with Crippen LogP contribution in [0.1, 0.15) is 158 Å². The van der Waals surface area contributed by atoms with E-state index >= 15 is 0 Å². The number of hydrogen-bond donors (Lipinski definition) is 1. The summed E-state index contributed by atoms with van der Waals surface area (Å²) in [5.41, 5.74) is -1.50. The molecule has 0 bridgehead atoms. The molecule has 1 N–H and O–H groups in total. The lowest BCUT2D eigenvalue weighted by atomic mass is 9.80. The molecule has 12 nitrogen and oxygen atoms in total. The molecule has 54 heavy (non-hydrogen) atoms. The first kappa shape index (κ1) is 45.3. The summed E-state index contributed by atoms with van der Waals surface area (Å²) in [7, 11) is 0. The number of ether oxygens (including phenoxy) is 4. The lowest BCUT2D eigenvalue weighted by molar-refractivity contribution is -0.348. The summed E-state index contributed by atoms with van der Waals surface area (Å²) in [5, 5.41) is 14.1. The fraction of sp³-hybridized carbons (Fsp3) is 0.952. The van der Waals surface area contributed by atoms with Crippen LogP contribution in [0.3, 0.4) is 0 Å². The minimum Gasteiger partial charge on any atom is -0.462 e. The number of carbonyl (C=O) groups excluding carboxylic acids is 2. The molecule has 314 valence electrons. The van der Waals surface area contributed by atoms with E-state index in [4.69, 9.17) is 23.8 Å². The van der Waals surface area contributed by atoms with E-state index in [1.807, 2.05) is 27.7 Å². The second-order valence-corrected chi connectivity index (χ2v) is 19.1. The smallest absolute Gasteiger partial charge is 0.306 e. The highest BCUT2D eigenvalue weighted by Crippen LogP contribution is 2.41. The van der Waals surface area contributed by atoms with Crippen molar-refractivity contribution in [1.82, 2.24) is 19.9 Å². The van der Waals surface area contributed by atoms with E-state index in [1.54, 1.807) is 0 Å². The van der Waals surface area contributed by atoms with Gasteiger partial charge in [-0.25, -0.2) is 0 Å². The Morgan fingerprint density at radius 1 is 0.593 bits per heavy atom. The Hall–Kier alpha value is -1.38. The third kappa shape index (κ3) is 14.2. The molecule has 4 fully saturated rings. The van der Waals surface area contributed by atoms with E-state index in [0.717, 1.165) is 104 Å². The number of unbranched alkanes of at least 4 members (excludes halogenated alkanes) is 8. The van der Waals surface area contributed by atoms with Crippen molar-refractivity contribution in [3.63, 3.8) is 0 Å². The Labute approximate surface area is 327 Å². The van der Waals surface area contributed by atoms with Crippen LogP contribution in [0.4, 0.5) is 0 Å². The van der Waals surface area contributed by atoms with Crippen LogP contribution in [0.2, 0.25) is 0 Å². The van der Waals surface area contributed by atoms with Gasteiger partial charge in [0, 0.05) is 86.9 Å². The van der Waals surface area contributed by atoms with Gasteiger partial charge in [-0.15, -0.1) is 0 Å². The Bertz CT molecular complexity index is 1110. The van der Waals surface area contributed by atoms with Crippen molar-refractivity contribution in [1.29, 1.82) is 0 Å². The molecule has 0 aromatic rings. The van der Waals surface area contributed by atoms with Crippen LogP contribution in [0, 0.1) is 0 Å². The second kappa shape index (κ2) is 20.9. The molecule has 0 aliphatic carbocycles. The number of rotatable bonds is 20. The Balaban J connectivity index is 1.07. The SMILES string of the molecule is CC1(C)CC(OC(=O)CCCCCCCCC(=O)OC2CC(C)(C)N(OC3COCCN3CCCCCCN3CCOCC3)C(C)(C)C2)CC(C)(C)N1O. The molecule has 4 aliphatic rings. The number of hydrogen-bond acceptors (Lipinski definition) is 12. The van der Waals surface area contributed by atoms with Gasteiger partial charge in [-0.3, -0.25) is 24.2 Å². The monoisotopic (exact) mass is 767 g/mol. The second-order valence-electron chi connectivity index (χ2n) is 19.1. The molecule has 0 saturated carbocycles. The molecule has 0 aromatic heterocycles. The highest BCUT2D eigenvalue weighted by molar-refractivity contribution is 5.69. The summed E-state index contributed by atoms with van der Waals surface area (Å²) in [6, 6.07) is 0. The van der Waals surface area contributed by atoms with Gasteiger partial charge in [-0.2, -0.15) is 10.1 Å². The normalized spacial score (nSPS) is 25.8. The van der Waals surface area contributed by atoms with Crippen molar-refractivity contribution in [3.8, 4) is 0 Å². The summed E-state index contributed by atoms with van der Waals surface area (Å²) in [4.78, 5) is 37.2. The maximum absolute atomic E-state index is 12.9. The molecule has 4 rings (SSSR count). The van der Waals surface area contributed by atoms with Crippen LogP contribution >= 0.6 is 0 Å². The quantitative estimate of drug-likeness (QED) is 0.101. The van der Waals surface area contributed by atoms with E-state index in [-0.39, 0.29) is 41.5 Å². The van der Waals surface area contributed by atoms with E-state index < -0.39 is 11.1 Å². The predicted octanol–water partition coefficient (Wildman–Crippen LogP) is 7.11. The summed E-state index contributed by atoms with van der Waals surface area (Å²) in [6.45, 7) is 24.9. The molecule has 0 spiro atoms. The van der Waals surface area contributed by atoms with Gasteiger partial charge in [0.25, 0.3) is 0 Å². The molecule has 12 heteroatoms. The minimum absolute atomic E-state index is 0.112. The first-order valence-electron chi connectivity index (χ1n) is 21.5. The van der Waals surface area contributed by atoms with Gasteiger partial charge in [0.2, 0.25) is 0 Å². The van der Waals surface area contributed by atoms with Crippen molar-refractivity contribution in [2.75, 3.05) is 59.2 Å². The van der Waals surface area contributed by atoms with Gasteiger partial charge >= 0.3 is 11.9 Å². The zero-order chi connectivity index (χ0) is 39.4. The molecular weight excluding hydrogens is 688 g/mol. The van der Waals surface area contributed by atoms with Crippen LogP contribution < -0.4 is 0 Å². The van der Waals surface area contributed by atoms with Crippen LogP contribution in [-0.2, 0) is 33.4 Å². The number of nitrogens with zero attached hydrogens (tertiary/aromatic N) is 4.